The van der Waals surface area contributed by atoms with E-state index in [2.05, 4.69) is 13.2 Å². The van der Waals surface area contributed by atoms with Crippen molar-refractivity contribution in [3.05, 3.63) is 24.3 Å². The summed E-state index contributed by atoms with van der Waals surface area (Å²) in [6.07, 6.45) is -0.919. The highest BCUT2D eigenvalue weighted by Gasteiger charge is 2.57. The van der Waals surface area contributed by atoms with Crippen molar-refractivity contribution in [2.75, 3.05) is 19.8 Å². The molecule has 6 saturated heterocycles. The van der Waals surface area contributed by atoms with E-state index in [1.165, 1.54) is 0 Å². The molecule has 4 unspecified atom stereocenters. The Balaban J connectivity index is 0.995. The number of fused-ring (bicyclic) bond motifs is 2. The zero-order chi connectivity index (χ0) is 33.9. The van der Waals surface area contributed by atoms with Crippen LogP contribution in [-0.4, -0.2) is 131 Å². The van der Waals surface area contributed by atoms with Crippen LogP contribution in [0.3, 0.4) is 0 Å². The third-order valence-electron chi connectivity index (χ3n) is 11.1. The number of hydrogen-bond acceptors (Lipinski definition) is 12. The van der Waals surface area contributed by atoms with Crippen molar-refractivity contribution in [3.63, 3.8) is 0 Å². The third-order valence-corrected chi connectivity index (χ3v) is 11.1. The van der Waals surface area contributed by atoms with Crippen molar-refractivity contribution in [3.8, 4) is 0 Å². The molecule has 6 aliphatic rings. The molecule has 12 heteroatoms. The normalized spacial score (nSPS) is 42.0. The monoisotopic (exact) mass is 678 g/mol. The molecule has 6 aliphatic heterocycles. The van der Waals surface area contributed by atoms with Gasteiger partial charge in [-0.2, -0.15) is 0 Å². The lowest BCUT2D eigenvalue weighted by atomic mass is 9.85. The Bertz CT molecular complexity index is 1160. The molecule has 0 aromatic carbocycles. The van der Waals surface area contributed by atoms with Gasteiger partial charge in [0.2, 0.25) is 0 Å². The van der Waals surface area contributed by atoms with Crippen molar-refractivity contribution in [1.82, 2.24) is 0 Å². The maximum atomic E-state index is 13.5. The van der Waals surface area contributed by atoms with Crippen LogP contribution in [0.25, 0.3) is 0 Å². The summed E-state index contributed by atoms with van der Waals surface area (Å²) >= 11 is 0. The van der Waals surface area contributed by atoms with Gasteiger partial charge in [-0.15, -0.1) is 0 Å². The first-order valence-corrected chi connectivity index (χ1v) is 18.0. The van der Waals surface area contributed by atoms with Gasteiger partial charge in [0.1, 0.15) is 42.1 Å². The van der Waals surface area contributed by atoms with E-state index in [9.17, 15) is 30.0 Å². The Hall–Kier alpha value is -1.58. The summed E-state index contributed by atoms with van der Waals surface area (Å²) in [6.45, 7) is 8.95. The molecule has 0 spiro atoms. The lowest BCUT2D eigenvalue weighted by Gasteiger charge is -2.46. The summed E-state index contributed by atoms with van der Waals surface area (Å²) in [5.41, 5.74) is 2.06. The molecule has 0 aliphatic carbocycles. The summed E-state index contributed by atoms with van der Waals surface area (Å²) in [5, 5.41) is 41.7. The Morgan fingerprint density at radius 1 is 0.854 bits per heavy atom. The fourth-order valence-corrected chi connectivity index (χ4v) is 8.53. The second-order valence-electron chi connectivity index (χ2n) is 14.9. The third kappa shape index (κ3) is 8.65. The fraction of sp³-hybridized carbons (Fsp3) is 0.833. The van der Waals surface area contributed by atoms with E-state index in [-0.39, 0.29) is 61.3 Å². The maximum absolute atomic E-state index is 13.5. The number of carbonyl (C=O) groups is 2. The van der Waals surface area contributed by atoms with E-state index in [0.717, 1.165) is 30.4 Å². The molecule has 4 N–H and O–H groups in total. The van der Waals surface area contributed by atoms with Crippen LogP contribution in [0, 0.1) is 5.92 Å². The molecule has 0 radical (unpaired) electrons. The van der Waals surface area contributed by atoms with Crippen LogP contribution >= 0.6 is 0 Å². The molecular formula is C36H54O12. The Morgan fingerprint density at radius 3 is 2.42 bits per heavy atom. The van der Waals surface area contributed by atoms with Crippen LogP contribution in [0.5, 0.6) is 0 Å². The van der Waals surface area contributed by atoms with E-state index in [0.29, 0.717) is 64.6 Å². The van der Waals surface area contributed by atoms with Gasteiger partial charge in [-0.05, 0) is 62.0 Å². The van der Waals surface area contributed by atoms with E-state index in [4.69, 9.17) is 28.4 Å². The van der Waals surface area contributed by atoms with E-state index in [1.54, 1.807) is 0 Å². The first-order chi connectivity index (χ1) is 23.1. The predicted molar refractivity (Wildman–Crippen MR) is 171 cm³/mol. The van der Waals surface area contributed by atoms with E-state index >= 15 is 0 Å². The number of aliphatic hydroxyl groups excluding tert-OH is 4. The molecule has 0 bridgehead atoms. The summed E-state index contributed by atoms with van der Waals surface area (Å²) in [6, 6.07) is 0. The Morgan fingerprint density at radius 2 is 1.67 bits per heavy atom. The molecule has 6 heterocycles. The van der Waals surface area contributed by atoms with Crippen LogP contribution in [0.2, 0.25) is 0 Å². The van der Waals surface area contributed by atoms with Crippen LogP contribution < -0.4 is 0 Å². The van der Waals surface area contributed by atoms with Gasteiger partial charge in [0, 0.05) is 45.1 Å². The predicted octanol–water partition coefficient (Wildman–Crippen LogP) is 1.87. The minimum atomic E-state index is -1.07. The standard InChI is InChI=1S/C36H54O12/c1-19-10-25(44-18-19)6-5-22(38)15-31-32(41)35-36(48-31)33(42)34-28(47-35)8-7-26(46-34)13-23(39)11-21-12-27(14-24(40)17-37)45-30(21)16-29-20(2)4-3-9-43-29/h21,24-37,40-42H,1-18H2/t21-,24+,25+,26-,27+,28+,29-,30?,31?,32+,33+,34?,35?,36+/m1/s1. The first kappa shape index (κ1) is 36.2. The number of aliphatic hydroxyl groups is 4. The van der Waals surface area contributed by atoms with Crippen molar-refractivity contribution in [2.24, 2.45) is 5.92 Å². The number of ketones is 2. The minimum Gasteiger partial charge on any atom is -0.394 e. The number of rotatable bonds is 14. The van der Waals surface area contributed by atoms with Crippen molar-refractivity contribution in [1.29, 1.82) is 0 Å². The fourth-order valence-electron chi connectivity index (χ4n) is 8.53. The molecule has 0 aromatic rings. The van der Waals surface area contributed by atoms with Gasteiger partial charge in [0.25, 0.3) is 0 Å². The van der Waals surface area contributed by atoms with Gasteiger partial charge in [-0.3, -0.25) is 9.59 Å². The molecule has 0 aromatic heterocycles. The van der Waals surface area contributed by atoms with Crippen molar-refractivity contribution >= 4 is 11.6 Å². The van der Waals surface area contributed by atoms with E-state index in [1.807, 2.05) is 0 Å². The Kier molecular flexibility index (Phi) is 12.2. The molecule has 48 heavy (non-hydrogen) atoms. The van der Waals surface area contributed by atoms with Gasteiger partial charge >= 0.3 is 0 Å². The lowest BCUT2D eigenvalue weighted by Crippen LogP contribution is -2.61. The Labute approximate surface area is 282 Å². The van der Waals surface area contributed by atoms with Crippen LogP contribution in [0.15, 0.2) is 24.3 Å². The number of hydrogen-bond donors (Lipinski definition) is 4. The van der Waals surface area contributed by atoms with Crippen molar-refractivity contribution < 1.29 is 58.4 Å². The first-order valence-electron chi connectivity index (χ1n) is 18.0. The second-order valence-corrected chi connectivity index (χ2v) is 14.9. The summed E-state index contributed by atoms with van der Waals surface area (Å²) < 4.78 is 36.4. The molecule has 14 atom stereocenters. The van der Waals surface area contributed by atoms with Gasteiger partial charge in [0.05, 0.1) is 62.0 Å². The zero-order valence-corrected chi connectivity index (χ0v) is 27.9. The van der Waals surface area contributed by atoms with Crippen molar-refractivity contribution in [2.45, 2.75) is 163 Å². The molecule has 6 fully saturated rings. The average molecular weight is 679 g/mol. The van der Waals surface area contributed by atoms with Gasteiger partial charge in [0.15, 0.2) is 0 Å². The molecular weight excluding hydrogens is 624 g/mol. The average Bonchev–Trinajstić information content (AvgIpc) is 3.74. The molecule has 270 valence electrons. The highest BCUT2D eigenvalue weighted by molar-refractivity contribution is 5.79. The van der Waals surface area contributed by atoms with Crippen LogP contribution in [0.1, 0.15) is 83.5 Å². The quantitative estimate of drug-likeness (QED) is 0.197. The SMILES string of the molecule is C=C1CO[C@@H](CCC(=O)CC2O[C@@H]3C(O[C@H]4CC[C@H](CC(=O)C[C@@H]5C[C@@H](C[C@H](O)CO)OC5C[C@H]5OCCCC5=C)OC4[C@@H]3O)[C@H]2O)C1. The van der Waals surface area contributed by atoms with Gasteiger partial charge in [-0.1, -0.05) is 13.2 Å². The lowest BCUT2D eigenvalue weighted by molar-refractivity contribution is -0.259. The molecule has 0 amide bonds. The summed E-state index contributed by atoms with van der Waals surface area (Å²) in [4.78, 5) is 26.2. The topological polar surface area (TPSA) is 170 Å². The maximum Gasteiger partial charge on any atom is 0.135 e. The molecule has 12 nitrogen and oxygen atoms in total. The summed E-state index contributed by atoms with van der Waals surface area (Å²) in [5.74, 6) is -0.0700. The van der Waals surface area contributed by atoms with Gasteiger partial charge in [-0.25, -0.2) is 0 Å². The highest BCUT2D eigenvalue weighted by Crippen LogP contribution is 2.41. The number of ether oxygens (including phenoxy) is 6. The van der Waals surface area contributed by atoms with Crippen LogP contribution in [-0.2, 0) is 38.0 Å². The zero-order valence-electron chi connectivity index (χ0n) is 27.9. The number of Topliss-reactive ketones (excluding diaryl/α,β-unsaturated/α-hetero) is 2. The van der Waals surface area contributed by atoms with Crippen LogP contribution in [0.4, 0.5) is 0 Å². The second kappa shape index (κ2) is 16.2. The van der Waals surface area contributed by atoms with E-state index < -0.39 is 54.9 Å². The number of carbonyl (C=O) groups excluding carboxylic acids is 2. The minimum absolute atomic E-state index is 0.00365. The molecule has 6 rings (SSSR count). The molecule has 0 saturated carbocycles. The smallest absolute Gasteiger partial charge is 0.135 e. The van der Waals surface area contributed by atoms with Gasteiger partial charge < -0.3 is 48.8 Å². The summed E-state index contributed by atoms with van der Waals surface area (Å²) in [7, 11) is 0. The largest absolute Gasteiger partial charge is 0.394 e. The highest BCUT2D eigenvalue weighted by atomic mass is 16.6.